The normalized spacial score (nSPS) is 11.5. The van der Waals surface area contributed by atoms with Gasteiger partial charge in [0.15, 0.2) is 17.3 Å². The minimum Gasteiger partial charge on any atom is -0.505 e. The van der Waals surface area contributed by atoms with Gasteiger partial charge < -0.3 is 14.6 Å². The van der Waals surface area contributed by atoms with E-state index in [9.17, 15) is 32.3 Å². The third-order valence-corrected chi connectivity index (χ3v) is 4.27. The smallest absolute Gasteiger partial charge is 0.505 e. The van der Waals surface area contributed by atoms with E-state index < -0.39 is 35.6 Å². The first kappa shape index (κ1) is 21.2. The number of carbonyl (C=O) groups excluding carboxylic acids is 2. The van der Waals surface area contributed by atoms with Gasteiger partial charge in [0.2, 0.25) is 0 Å². The number of fused-ring (bicyclic) bond motifs is 1. The standard InChI is InChI=1S/C20H15F4NO5/c1-3-15(27)29-18-10(2)25(13-8-9-14(26)17(21)16(13)18)19(28)11-4-6-12(7-5-11)30-20(22,23)24/h4-9,26H,3H2,1-2H3. The lowest BCUT2D eigenvalue weighted by Gasteiger charge is -2.10. The number of carbonyl (C=O) groups is 2. The Hall–Kier alpha value is -3.56. The molecule has 30 heavy (non-hydrogen) atoms. The van der Waals surface area contributed by atoms with Crippen LogP contribution in [-0.4, -0.2) is 27.9 Å². The summed E-state index contributed by atoms with van der Waals surface area (Å²) in [6.45, 7) is 2.94. The topological polar surface area (TPSA) is 77.8 Å². The highest BCUT2D eigenvalue weighted by Gasteiger charge is 2.31. The van der Waals surface area contributed by atoms with Gasteiger partial charge in [-0.25, -0.2) is 4.39 Å². The van der Waals surface area contributed by atoms with Crippen molar-refractivity contribution in [3.05, 3.63) is 53.5 Å². The van der Waals surface area contributed by atoms with Gasteiger partial charge >= 0.3 is 12.3 Å². The van der Waals surface area contributed by atoms with Gasteiger partial charge in [-0.2, -0.15) is 0 Å². The maximum Gasteiger partial charge on any atom is 0.573 e. The molecule has 0 atom stereocenters. The second kappa shape index (κ2) is 7.69. The lowest BCUT2D eigenvalue weighted by molar-refractivity contribution is -0.274. The van der Waals surface area contributed by atoms with Crippen LogP contribution in [0.5, 0.6) is 17.2 Å². The van der Waals surface area contributed by atoms with Gasteiger partial charge in [0.1, 0.15) is 5.75 Å². The van der Waals surface area contributed by atoms with Crippen molar-refractivity contribution in [2.75, 3.05) is 0 Å². The molecule has 3 aromatic rings. The number of hydrogen-bond acceptors (Lipinski definition) is 5. The molecule has 2 aromatic carbocycles. The Balaban J connectivity index is 2.11. The fraction of sp³-hybridized carbons (Fsp3) is 0.200. The van der Waals surface area contributed by atoms with E-state index in [-0.39, 0.29) is 34.3 Å². The van der Waals surface area contributed by atoms with Crippen LogP contribution in [0.2, 0.25) is 0 Å². The number of benzene rings is 2. The minimum absolute atomic E-state index is 0.0127. The van der Waals surface area contributed by atoms with Crippen LogP contribution in [0.4, 0.5) is 17.6 Å². The van der Waals surface area contributed by atoms with Crippen molar-refractivity contribution in [1.82, 2.24) is 4.57 Å². The van der Waals surface area contributed by atoms with Crippen LogP contribution in [0, 0.1) is 12.7 Å². The Morgan fingerprint density at radius 3 is 2.30 bits per heavy atom. The van der Waals surface area contributed by atoms with Crippen molar-refractivity contribution in [1.29, 1.82) is 0 Å². The summed E-state index contributed by atoms with van der Waals surface area (Å²) in [5, 5.41) is 9.43. The molecule has 6 nitrogen and oxygen atoms in total. The molecule has 10 heteroatoms. The number of phenolic OH excluding ortho intramolecular Hbond substituents is 1. The predicted molar refractivity (Wildman–Crippen MR) is 97.1 cm³/mol. The number of hydrogen-bond donors (Lipinski definition) is 1. The average molecular weight is 425 g/mol. The average Bonchev–Trinajstić information content (AvgIpc) is 2.95. The number of aromatic hydroxyl groups is 1. The zero-order valence-electron chi connectivity index (χ0n) is 15.7. The maximum atomic E-state index is 14.6. The minimum atomic E-state index is -4.88. The van der Waals surface area contributed by atoms with Crippen LogP contribution >= 0.6 is 0 Å². The van der Waals surface area contributed by atoms with Crippen LogP contribution in [0.15, 0.2) is 36.4 Å². The fourth-order valence-corrected chi connectivity index (χ4v) is 2.92. The Labute approximate surface area is 167 Å². The molecule has 0 unspecified atom stereocenters. The summed E-state index contributed by atoms with van der Waals surface area (Å²) in [6.07, 6.45) is -4.89. The Morgan fingerprint density at radius 1 is 1.10 bits per heavy atom. The van der Waals surface area contributed by atoms with E-state index in [0.29, 0.717) is 0 Å². The summed E-state index contributed by atoms with van der Waals surface area (Å²) in [5.74, 6) is -3.90. The molecule has 0 aliphatic heterocycles. The first-order chi connectivity index (χ1) is 14.0. The van der Waals surface area contributed by atoms with E-state index in [1.54, 1.807) is 0 Å². The molecule has 1 N–H and O–H groups in total. The second-order valence-electron chi connectivity index (χ2n) is 6.25. The predicted octanol–water partition coefficient (Wildman–Crippen LogP) is 4.70. The van der Waals surface area contributed by atoms with E-state index in [1.165, 1.54) is 19.9 Å². The molecule has 0 spiro atoms. The molecular formula is C20H15F4NO5. The lowest BCUT2D eigenvalue weighted by atomic mass is 10.2. The number of halogens is 4. The van der Waals surface area contributed by atoms with Gasteiger partial charge in [-0.1, -0.05) is 6.92 Å². The monoisotopic (exact) mass is 425 g/mol. The quantitative estimate of drug-likeness (QED) is 0.485. The van der Waals surface area contributed by atoms with Gasteiger partial charge in [0.05, 0.1) is 16.6 Å². The number of nitrogens with zero attached hydrogens (tertiary/aromatic N) is 1. The molecule has 0 saturated heterocycles. The lowest BCUT2D eigenvalue weighted by Crippen LogP contribution is -2.17. The number of esters is 1. The van der Waals surface area contributed by atoms with E-state index in [2.05, 4.69) is 4.74 Å². The van der Waals surface area contributed by atoms with Crippen molar-refractivity contribution in [2.24, 2.45) is 0 Å². The van der Waals surface area contributed by atoms with Crippen LogP contribution < -0.4 is 9.47 Å². The number of ether oxygens (including phenoxy) is 2. The van der Waals surface area contributed by atoms with Crippen molar-refractivity contribution in [3.63, 3.8) is 0 Å². The largest absolute Gasteiger partial charge is 0.573 e. The van der Waals surface area contributed by atoms with Crippen molar-refractivity contribution in [3.8, 4) is 17.2 Å². The van der Waals surface area contributed by atoms with E-state index in [0.717, 1.165) is 34.9 Å². The number of rotatable bonds is 4. The van der Waals surface area contributed by atoms with Crippen LogP contribution in [0.1, 0.15) is 29.4 Å². The molecule has 1 aromatic heterocycles. The highest BCUT2D eigenvalue weighted by atomic mass is 19.4. The molecule has 158 valence electrons. The summed E-state index contributed by atoms with van der Waals surface area (Å²) in [7, 11) is 0. The molecule has 0 radical (unpaired) electrons. The van der Waals surface area contributed by atoms with E-state index in [4.69, 9.17) is 4.74 Å². The second-order valence-corrected chi connectivity index (χ2v) is 6.25. The zero-order chi connectivity index (χ0) is 22.2. The fourth-order valence-electron chi connectivity index (χ4n) is 2.92. The van der Waals surface area contributed by atoms with Gasteiger partial charge in [-0.15, -0.1) is 13.2 Å². The molecule has 0 bridgehead atoms. The van der Waals surface area contributed by atoms with Gasteiger partial charge in [-0.05, 0) is 43.3 Å². The van der Waals surface area contributed by atoms with Gasteiger partial charge in [0, 0.05) is 12.0 Å². The van der Waals surface area contributed by atoms with Gasteiger partial charge in [0.25, 0.3) is 5.91 Å². The Morgan fingerprint density at radius 2 is 1.73 bits per heavy atom. The number of alkyl halides is 3. The molecule has 0 aliphatic rings. The molecule has 0 amide bonds. The molecular weight excluding hydrogens is 410 g/mol. The SMILES string of the molecule is CCC(=O)Oc1c(C)n(C(=O)c2ccc(OC(F)(F)F)cc2)c2ccc(O)c(F)c12. The number of aromatic nitrogens is 1. The third kappa shape index (κ3) is 3.93. The highest BCUT2D eigenvalue weighted by Crippen LogP contribution is 2.38. The third-order valence-electron chi connectivity index (χ3n) is 4.27. The molecule has 0 aliphatic carbocycles. The van der Waals surface area contributed by atoms with Crippen LogP contribution in [-0.2, 0) is 4.79 Å². The molecule has 1 heterocycles. The van der Waals surface area contributed by atoms with Crippen molar-refractivity contribution in [2.45, 2.75) is 26.6 Å². The van der Waals surface area contributed by atoms with E-state index >= 15 is 0 Å². The summed E-state index contributed by atoms with van der Waals surface area (Å²) < 4.78 is 61.5. The van der Waals surface area contributed by atoms with Crippen molar-refractivity contribution >= 4 is 22.8 Å². The van der Waals surface area contributed by atoms with Gasteiger partial charge in [-0.3, -0.25) is 14.2 Å². The molecule has 3 rings (SSSR count). The molecule has 0 fully saturated rings. The maximum absolute atomic E-state index is 14.6. The summed E-state index contributed by atoms with van der Waals surface area (Å²) in [5.41, 5.74) is 0.0746. The van der Waals surface area contributed by atoms with Crippen molar-refractivity contribution < 1.29 is 41.7 Å². The van der Waals surface area contributed by atoms with E-state index in [1.807, 2.05) is 0 Å². The van der Waals surface area contributed by atoms with Crippen LogP contribution in [0.25, 0.3) is 10.9 Å². The summed E-state index contributed by atoms with van der Waals surface area (Å²) in [4.78, 5) is 24.8. The molecule has 0 saturated carbocycles. The summed E-state index contributed by atoms with van der Waals surface area (Å²) in [6, 6.07) is 6.46. The first-order valence-electron chi connectivity index (χ1n) is 8.67. The first-order valence-corrected chi connectivity index (χ1v) is 8.67. The van der Waals surface area contributed by atoms with Crippen LogP contribution in [0.3, 0.4) is 0 Å². The Bertz CT molecular complexity index is 1130. The highest BCUT2D eigenvalue weighted by molar-refractivity contribution is 6.06. The zero-order valence-corrected chi connectivity index (χ0v) is 15.7. The Kier molecular flexibility index (Phi) is 5.43. The number of phenols is 1. The summed E-state index contributed by atoms with van der Waals surface area (Å²) >= 11 is 0.